The first-order valence-corrected chi connectivity index (χ1v) is 10.3. The van der Waals surface area contributed by atoms with Crippen LogP contribution in [0, 0.1) is 5.82 Å². The lowest BCUT2D eigenvalue weighted by atomic mass is 10.0. The molecular weight excluding hydrogens is 425 g/mol. The molecule has 2 amide bonds. The molecule has 1 saturated heterocycles. The topological polar surface area (TPSA) is 130 Å². The Morgan fingerprint density at radius 2 is 1.93 bits per heavy atom. The summed E-state index contributed by atoms with van der Waals surface area (Å²) < 4.78 is 36.0. The monoisotopic (exact) mass is 441 g/mol. The van der Waals surface area contributed by atoms with Gasteiger partial charge in [0.25, 0.3) is 11.8 Å². The van der Waals surface area contributed by atoms with Crippen molar-refractivity contribution < 1.29 is 27.5 Å². The van der Waals surface area contributed by atoms with Crippen molar-refractivity contribution in [2.75, 3.05) is 11.4 Å². The number of sulfonamides is 1. The van der Waals surface area contributed by atoms with E-state index in [1.54, 1.807) is 0 Å². The van der Waals surface area contributed by atoms with Crippen molar-refractivity contribution in [3.05, 3.63) is 58.9 Å². The molecule has 0 aromatic heterocycles. The van der Waals surface area contributed by atoms with E-state index in [9.17, 15) is 27.5 Å². The molecule has 0 aliphatic carbocycles. The van der Waals surface area contributed by atoms with Crippen molar-refractivity contribution in [2.24, 2.45) is 5.14 Å². The molecule has 0 bridgehead atoms. The zero-order valence-electron chi connectivity index (χ0n) is 14.9. The molecule has 1 heterocycles. The molecule has 11 heteroatoms. The highest BCUT2D eigenvalue weighted by Gasteiger charge is 2.51. The maximum absolute atomic E-state index is 13.4. The van der Waals surface area contributed by atoms with Crippen molar-refractivity contribution in [3.8, 4) is 0 Å². The van der Waals surface area contributed by atoms with Gasteiger partial charge in [-0.25, -0.2) is 17.9 Å². The summed E-state index contributed by atoms with van der Waals surface area (Å²) >= 11 is 5.76. The van der Waals surface area contributed by atoms with Crippen LogP contribution in [0.2, 0.25) is 5.02 Å². The molecular formula is C18H17ClFN3O5S. The Hall–Kier alpha value is -2.53. The summed E-state index contributed by atoms with van der Waals surface area (Å²) in [6.07, 6.45) is -0.168. The maximum Gasteiger partial charge on any atom is 0.268 e. The van der Waals surface area contributed by atoms with E-state index >= 15 is 0 Å². The van der Waals surface area contributed by atoms with Crippen LogP contribution in [0.5, 0.6) is 0 Å². The summed E-state index contributed by atoms with van der Waals surface area (Å²) in [5.74, 6) is -2.35. The van der Waals surface area contributed by atoms with Crippen molar-refractivity contribution in [3.63, 3.8) is 0 Å². The van der Waals surface area contributed by atoms with E-state index in [0.717, 1.165) is 6.07 Å². The van der Waals surface area contributed by atoms with Gasteiger partial charge in [0.15, 0.2) is 0 Å². The Bertz CT molecular complexity index is 1060. The number of primary sulfonamides is 1. The third-order valence-corrected chi connectivity index (χ3v) is 5.67. The number of hydrogen-bond donors (Lipinski definition) is 3. The van der Waals surface area contributed by atoms with Gasteiger partial charge in [-0.3, -0.25) is 9.59 Å². The van der Waals surface area contributed by atoms with Crippen LogP contribution in [0.4, 0.5) is 10.1 Å². The highest BCUT2D eigenvalue weighted by molar-refractivity contribution is 7.89. The third kappa shape index (κ3) is 4.40. The molecule has 0 radical (unpaired) electrons. The number of nitrogens with one attached hydrogen (secondary N) is 1. The average molecular weight is 442 g/mol. The fraction of sp³-hybridized carbons (Fsp3) is 0.222. The number of anilines is 1. The highest BCUT2D eigenvalue weighted by atomic mass is 35.5. The van der Waals surface area contributed by atoms with E-state index in [1.165, 1.54) is 41.3 Å². The van der Waals surface area contributed by atoms with E-state index in [4.69, 9.17) is 16.7 Å². The number of amides is 2. The Morgan fingerprint density at radius 1 is 1.28 bits per heavy atom. The molecule has 2 aromatic rings. The molecule has 4 N–H and O–H groups in total. The van der Waals surface area contributed by atoms with Crippen LogP contribution in [-0.4, -0.2) is 37.5 Å². The number of nitrogens with zero attached hydrogens (tertiary/aromatic N) is 1. The van der Waals surface area contributed by atoms with Crippen molar-refractivity contribution in [1.82, 2.24) is 5.32 Å². The van der Waals surface area contributed by atoms with Crippen molar-refractivity contribution in [2.45, 2.75) is 23.5 Å². The normalized spacial score (nSPS) is 19.4. The summed E-state index contributed by atoms with van der Waals surface area (Å²) in [6, 6.07) is 8.90. The number of carbonyl (C=O) groups excluding carboxylic acids is 2. The standard InChI is InChI=1S/C18H17ClFN3O5S/c19-12-7-11(8-13(20)9-12)10-22-16(24)18(26)5-6-23(17(18)25)14-1-3-15(4-2-14)29(21,27)28/h1-4,7-9,26H,5-6,10H2,(H,22,24)(H2,21,27,28)/t18-/m0/s1. The van der Waals surface area contributed by atoms with E-state index < -0.39 is 33.3 Å². The Labute approximate surface area is 171 Å². The minimum absolute atomic E-state index is 0.0449. The molecule has 154 valence electrons. The minimum atomic E-state index is -3.89. The molecule has 1 atom stereocenters. The van der Waals surface area contributed by atoms with Crippen LogP contribution < -0.4 is 15.4 Å². The lowest BCUT2D eigenvalue weighted by Gasteiger charge is -2.22. The Kier molecular flexibility index (Phi) is 5.63. The van der Waals surface area contributed by atoms with E-state index in [-0.39, 0.29) is 29.4 Å². The molecule has 1 aliphatic heterocycles. The molecule has 2 aromatic carbocycles. The summed E-state index contributed by atoms with van der Waals surface area (Å²) in [4.78, 5) is 26.2. The number of benzene rings is 2. The van der Waals surface area contributed by atoms with E-state index in [1.807, 2.05) is 0 Å². The van der Waals surface area contributed by atoms with Crippen LogP contribution in [0.1, 0.15) is 12.0 Å². The molecule has 8 nitrogen and oxygen atoms in total. The first-order valence-electron chi connectivity index (χ1n) is 8.41. The smallest absolute Gasteiger partial charge is 0.268 e. The van der Waals surface area contributed by atoms with Crippen LogP contribution in [0.15, 0.2) is 47.4 Å². The number of halogens is 2. The second-order valence-corrected chi connectivity index (χ2v) is 8.56. The molecule has 0 unspecified atom stereocenters. The van der Waals surface area contributed by atoms with Gasteiger partial charge in [0.1, 0.15) is 5.82 Å². The summed E-state index contributed by atoms with van der Waals surface area (Å²) in [7, 11) is -3.89. The molecule has 1 aliphatic rings. The van der Waals surface area contributed by atoms with Crippen molar-refractivity contribution in [1.29, 1.82) is 0 Å². The number of carbonyl (C=O) groups is 2. The zero-order valence-corrected chi connectivity index (χ0v) is 16.5. The third-order valence-electron chi connectivity index (χ3n) is 4.52. The van der Waals surface area contributed by atoms with Gasteiger partial charge < -0.3 is 15.3 Å². The molecule has 3 rings (SSSR count). The van der Waals surface area contributed by atoms with Crippen LogP contribution >= 0.6 is 11.6 Å². The number of nitrogens with two attached hydrogens (primary N) is 1. The number of rotatable bonds is 5. The zero-order chi connectivity index (χ0) is 21.4. The molecule has 29 heavy (non-hydrogen) atoms. The van der Waals surface area contributed by atoms with Gasteiger partial charge in [0.05, 0.1) is 4.90 Å². The summed E-state index contributed by atoms with van der Waals surface area (Å²) in [6.45, 7) is -0.0851. The van der Waals surface area contributed by atoms with Crippen LogP contribution in [0.3, 0.4) is 0 Å². The SMILES string of the molecule is NS(=O)(=O)c1ccc(N2CC[C@](O)(C(=O)NCc3cc(F)cc(Cl)c3)C2=O)cc1. The predicted molar refractivity (Wildman–Crippen MR) is 103 cm³/mol. The largest absolute Gasteiger partial charge is 0.372 e. The van der Waals surface area contributed by atoms with Gasteiger partial charge in [-0.05, 0) is 48.0 Å². The lowest BCUT2D eigenvalue weighted by Crippen LogP contribution is -2.52. The molecule has 1 fully saturated rings. The summed E-state index contributed by atoms with van der Waals surface area (Å²) in [5.41, 5.74) is -1.62. The van der Waals surface area contributed by atoms with Gasteiger partial charge in [-0.2, -0.15) is 0 Å². The first-order chi connectivity index (χ1) is 13.5. The average Bonchev–Trinajstić information content (AvgIpc) is 2.94. The second-order valence-electron chi connectivity index (χ2n) is 6.57. The lowest BCUT2D eigenvalue weighted by molar-refractivity contribution is -0.149. The van der Waals surface area contributed by atoms with Gasteiger partial charge >= 0.3 is 0 Å². The first kappa shape index (κ1) is 21.2. The van der Waals surface area contributed by atoms with Gasteiger partial charge in [0.2, 0.25) is 15.6 Å². The fourth-order valence-electron chi connectivity index (χ4n) is 3.02. The molecule has 0 spiro atoms. The summed E-state index contributed by atoms with van der Waals surface area (Å²) in [5, 5.41) is 18.2. The fourth-order valence-corrected chi connectivity index (χ4v) is 3.78. The second kappa shape index (κ2) is 7.71. The predicted octanol–water partition coefficient (Wildman–Crippen LogP) is 0.911. The van der Waals surface area contributed by atoms with Crippen LogP contribution in [-0.2, 0) is 26.2 Å². The van der Waals surface area contributed by atoms with Gasteiger partial charge in [0, 0.05) is 30.2 Å². The van der Waals surface area contributed by atoms with E-state index in [0.29, 0.717) is 11.3 Å². The quantitative estimate of drug-likeness (QED) is 0.594. The van der Waals surface area contributed by atoms with Gasteiger partial charge in [-0.15, -0.1) is 0 Å². The van der Waals surface area contributed by atoms with Gasteiger partial charge in [-0.1, -0.05) is 11.6 Å². The highest BCUT2D eigenvalue weighted by Crippen LogP contribution is 2.29. The van der Waals surface area contributed by atoms with Crippen LogP contribution in [0.25, 0.3) is 0 Å². The molecule has 0 saturated carbocycles. The maximum atomic E-state index is 13.4. The number of hydrogen-bond acceptors (Lipinski definition) is 5. The Balaban J connectivity index is 1.72. The Morgan fingerprint density at radius 3 is 2.52 bits per heavy atom. The minimum Gasteiger partial charge on any atom is -0.372 e. The van der Waals surface area contributed by atoms with E-state index in [2.05, 4.69) is 5.32 Å². The number of aliphatic hydroxyl groups is 1. The van der Waals surface area contributed by atoms with Crippen molar-refractivity contribution >= 4 is 39.1 Å².